The van der Waals surface area contributed by atoms with E-state index in [-0.39, 0.29) is 0 Å². The van der Waals surface area contributed by atoms with Gasteiger partial charge in [0.05, 0.1) is 18.8 Å². The summed E-state index contributed by atoms with van der Waals surface area (Å²) in [6, 6.07) is 16.2. The summed E-state index contributed by atoms with van der Waals surface area (Å²) in [4.78, 5) is 8.82. The van der Waals surface area contributed by atoms with Crippen LogP contribution in [0.4, 0.5) is 0 Å². The van der Waals surface area contributed by atoms with Crippen LogP contribution >= 0.6 is 0 Å². The molecule has 0 spiro atoms. The maximum atomic E-state index is 5.68. The van der Waals surface area contributed by atoms with Crippen LogP contribution < -0.4 is 15.4 Å². The SMILES string of the molecule is CCOc1ccccc1CCNC(=NC)NCc1coc(-c2ccc(C)cc2)n1. The third-order valence-corrected chi connectivity index (χ3v) is 4.47. The van der Waals surface area contributed by atoms with Crippen molar-refractivity contribution in [3.63, 3.8) is 0 Å². The van der Waals surface area contributed by atoms with Crippen LogP contribution in [0.25, 0.3) is 11.5 Å². The van der Waals surface area contributed by atoms with E-state index in [1.807, 2.05) is 49.4 Å². The van der Waals surface area contributed by atoms with Crippen LogP contribution in [-0.2, 0) is 13.0 Å². The van der Waals surface area contributed by atoms with Gasteiger partial charge in [0, 0.05) is 19.2 Å². The van der Waals surface area contributed by atoms with Gasteiger partial charge in [-0.2, -0.15) is 0 Å². The largest absolute Gasteiger partial charge is 0.494 e. The molecule has 0 amide bonds. The first-order valence-electron chi connectivity index (χ1n) is 9.86. The van der Waals surface area contributed by atoms with Gasteiger partial charge in [-0.15, -0.1) is 0 Å². The van der Waals surface area contributed by atoms with Gasteiger partial charge in [0.2, 0.25) is 5.89 Å². The molecule has 2 aromatic carbocycles. The van der Waals surface area contributed by atoms with Gasteiger partial charge in [0.1, 0.15) is 12.0 Å². The Bertz CT molecular complexity index is 932. The monoisotopic (exact) mass is 392 g/mol. The van der Waals surface area contributed by atoms with Gasteiger partial charge in [0.15, 0.2) is 5.96 Å². The van der Waals surface area contributed by atoms with Crippen molar-refractivity contribution in [2.24, 2.45) is 4.99 Å². The van der Waals surface area contributed by atoms with E-state index in [0.717, 1.165) is 35.9 Å². The third kappa shape index (κ3) is 5.85. The lowest BCUT2D eigenvalue weighted by molar-refractivity contribution is 0.336. The molecule has 0 radical (unpaired) electrons. The van der Waals surface area contributed by atoms with Crippen LogP contribution in [-0.4, -0.2) is 31.1 Å². The summed E-state index contributed by atoms with van der Waals surface area (Å²) in [5.74, 6) is 2.28. The Morgan fingerprint density at radius 3 is 2.66 bits per heavy atom. The molecular formula is C23H28N4O2. The standard InChI is InChI=1S/C23H28N4O2/c1-4-28-21-8-6-5-7-18(21)13-14-25-23(24-3)26-15-20-16-29-22(27-20)19-11-9-17(2)10-12-19/h5-12,16H,4,13-15H2,1-3H3,(H2,24,25,26). The van der Waals surface area contributed by atoms with Gasteiger partial charge in [-0.25, -0.2) is 4.98 Å². The first kappa shape index (κ1) is 20.5. The molecule has 29 heavy (non-hydrogen) atoms. The second kappa shape index (κ2) is 10.3. The van der Waals surface area contributed by atoms with Crippen LogP contribution in [0.3, 0.4) is 0 Å². The Hall–Kier alpha value is -3.28. The molecule has 3 rings (SSSR count). The zero-order valence-corrected chi connectivity index (χ0v) is 17.2. The molecule has 6 nitrogen and oxygen atoms in total. The molecule has 0 bridgehead atoms. The highest BCUT2D eigenvalue weighted by Crippen LogP contribution is 2.19. The van der Waals surface area contributed by atoms with Gasteiger partial charge in [-0.1, -0.05) is 35.9 Å². The fraction of sp³-hybridized carbons (Fsp3) is 0.304. The fourth-order valence-electron chi connectivity index (χ4n) is 2.93. The van der Waals surface area contributed by atoms with Gasteiger partial charge in [-0.05, 0) is 44.0 Å². The number of ether oxygens (including phenoxy) is 1. The number of benzene rings is 2. The minimum Gasteiger partial charge on any atom is -0.494 e. The van der Waals surface area contributed by atoms with Crippen LogP contribution in [0.15, 0.2) is 64.2 Å². The lowest BCUT2D eigenvalue weighted by Gasteiger charge is -2.13. The lowest BCUT2D eigenvalue weighted by atomic mass is 10.1. The van der Waals surface area contributed by atoms with Crippen molar-refractivity contribution < 1.29 is 9.15 Å². The molecule has 0 aliphatic heterocycles. The topological polar surface area (TPSA) is 71.7 Å². The van der Waals surface area contributed by atoms with E-state index >= 15 is 0 Å². The van der Waals surface area contributed by atoms with E-state index in [9.17, 15) is 0 Å². The predicted octanol–water partition coefficient (Wildman–Crippen LogP) is 3.96. The summed E-state index contributed by atoms with van der Waals surface area (Å²) in [5.41, 5.74) is 4.18. The summed E-state index contributed by atoms with van der Waals surface area (Å²) in [5, 5.41) is 6.60. The average molecular weight is 393 g/mol. The molecule has 2 N–H and O–H groups in total. The number of hydrogen-bond donors (Lipinski definition) is 2. The number of aromatic nitrogens is 1. The summed E-state index contributed by atoms with van der Waals surface area (Å²) >= 11 is 0. The van der Waals surface area contributed by atoms with E-state index in [2.05, 4.69) is 33.6 Å². The number of nitrogens with zero attached hydrogens (tertiary/aromatic N) is 2. The minimum atomic E-state index is 0.532. The number of oxazole rings is 1. The molecule has 0 fully saturated rings. The molecule has 152 valence electrons. The Labute approximate surface area is 172 Å². The van der Waals surface area contributed by atoms with E-state index in [1.54, 1.807) is 13.3 Å². The first-order chi connectivity index (χ1) is 14.2. The minimum absolute atomic E-state index is 0.532. The van der Waals surface area contributed by atoms with Crippen molar-refractivity contribution in [2.45, 2.75) is 26.8 Å². The second-order valence-electron chi connectivity index (χ2n) is 6.65. The average Bonchev–Trinajstić information content (AvgIpc) is 3.21. The molecule has 0 saturated carbocycles. The second-order valence-corrected chi connectivity index (χ2v) is 6.65. The maximum Gasteiger partial charge on any atom is 0.226 e. The van der Waals surface area contributed by atoms with Crippen LogP contribution in [0.2, 0.25) is 0 Å². The number of hydrogen-bond acceptors (Lipinski definition) is 4. The number of nitrogens with one attached hydrogen (secondary N) is 2. The van der Waals surface area contributed by atoms with Crippen molar-refractivity contribution in [1.29, 1.82) is 0 Å². The van der Waals surface area contributed by atoms with E-state index < -0.39 is 0 Å². The molecule has 0 atom stereocenters. The van der Waals surface area contributed by atoms with E-state index in [0.29, 0.717) is 19.0 Å². The molecule has 0 aliphatic carbocycles. The van der Waals surface area contributed by atoms with Crippen LogP contribution in [0.1, 0.15) is 23.7 Å². The number of aryl methyl sites for hydroxylation is 1. The van der Waals surface area contributed by atoms with Crippen molar-refractivity contribution >= 4 is 5.96 Å². The normalized spacial score (nSPS) is 11.3. The van der Waals surface area contributed by atoms with Gasteiger partial charge < -0.3 is 19.8 Å². The Balaban J connectivity index is 1.49. The maximum absolute atomic E-state index is 5.68. The zero-order chi connectivity index (χ0) is 20.5. The zero-order valence-electron chi connectivity index (χ0n) is 17.2. The van der Waals surface area contributed by atoms with Crippen molar-refractivity contribution in [1.82, 2.24) is 15.6 Å². The highest BCUT2D eigenvalue weighted by Gasteiger charge is 2.08. The first-order valence-corrected chi connectivity index (χ1v) is 9.86. The van der Waals surface area contributed by atoms with Crippen molar-refractivity contribution in [3.8, 4) is 17.2 Å². The summed E-state index contributed by atoms with van der Waals surface area (Å²) in [7, 11) is 1.75. The quantitative estimate of drug-likeness (QED) is 0.449. The van der Waals surface area contributed by atoms with Gasteiger partial charge in [-0.3, -0.25) is 4.99 Å². The molecule has 1 aromatic heterocycles. The summed E-state index contributed by atoms with van der Waals surface area (Å²) < 4.78 is 11.3. The van der Waals surface area contributed by atoms with E-state index in [1.165, 1.54) is 11.1 Å². The van der Waals surface area contributed by atoms with Crippen LogP contribution in [0, 0.1) is 6.92 Å². The molecular weight excluding hydrogens is 364 g/mol. The van der Waals surface area contributed by atoms with Crippen LogP contribution in [0.5, 0.6) is 5.75 Å². The number of para-hydroxylation sites is 1. The Morgan fingerprint density at radius 1 is 1.10 bits per heavy atom. The molecule has 1 heterocycles. The third-order valence-electron chi connectivity index (χ3n) is 4.47. The lowest BCUT2D eigenvalue weighted by Crippen LogP contribution is -2.37. The van der Waals surface area contributed by atoms with Gasteiger partial charge >= 0.3 is 0 Å². The predicted molar refractivity (Wildman–Crippen MR) is 116 cm³/mol. The van der Waals surface area contributed by atoms with Crippen molar-refractivity contribution in [2.75, 3.05) is 20.2 Å². The van der Waals surface area contributed by atoms with E-state index in [4.69, 9.17) is 9.15 Å². The molecule has 0 unspecified atom stereocenters. The Kier molecular flexibility index (Phi) is 7.28. The summed E-state index contributed by atoms with van der Waals surface area (Å²) in [6.45, 7) is 6.00. The molecule has 0 saturated heterocycles. The number of aliphatic imine (C=N–C) groups is 1. The summed E-state index contributed by atoms with van der Waals surface area (Å²) in [6.07, 6.45) is 2.52. The smallest absolute Gasteiger partial charge is 0.226 e. The van der Waals surface area contributed by atoms with Crippen molar-refractivity contribution in [3.05, 3.63) is 71.6 Å². The van der Waals surface area contributed by atoms with Gasteiger partial charge in [0.25, 0.3) is 0 Å². The fourth-order valence-corrected chi connectivity index (χ4v) is 2.93. The number of rotatable bonds is 8. The molecule has 3 aromatic rings. The number of guanidine groups is 1. The Morgan fingerprint density at radius 2 is 1.90 bits per heavy atom. The highest BCUT2D eigenvalue weighted by molar-refractivity contribution is 5.79. The molecule has 6 heteroatoms. The highest BCUT2D eigenvalue weighted by atomic mass is 16.5. The molecule has 0 aliphatic rings.